The fourth-order valence-corrected chi connectivity index (χ4v) is 4.37. The van der Waals surface area contributed by atoms with Crippen molar-refractivity contribution in [2.24, 2.45) is 0 Å². The van der Waals surface area contributed by atoms with E-state index in [1.54, 1.807) is 20.0 Å². The molecule has 0 unspecified atom stereocenters. The van der Waals surface area contributed by atoms with Gasteiger partial charge in [-0.2, -0.15) is 18.4 Å². The minimum Gasteiger partial charge on any atom is -0.384 e. The number of fused-ring (bicyclic) bond motifs is 1. The second-order valence-electron chi connectivity index (χ2n) is 9.08. The van der Waals surface area contributed by atoms with Crippen LogP contribution < -0.4 is 10.2 Å². The molecule has 2 heterocycles. The van der Waals surface area contributed by atoms with Crippen molar-refractivity contribution in [3.63, 3.8) is 0 Å². The summed E-state index contributed by atoms with van der Waals surface area (Å²) in [4.78, 5) is 32.8. The Morgan fingerprint density at radius 2 is 1.89 bits per heavy atom. The third-order valence-electron chi connectivity index (χ3n) is 6.36. The van der Waals surface area contributed by atoms with Crippen molar-refractivity contribution in [2.45, 2.75) is 38.9 Å². The molecule has 1 saturated heterocycles. The molecule has 1 fully saturated rings. The predicted molar refractivity (Wildman–Crippen MR) is 129 cm³/mol. The van der Waals surface area contributed by atoms with Crippen molar-refractivity contribution in [3.8, 4) is 6.07 Å². The number of urea groups is 1. The number of benzene rings is 2. The SMILES string of the molecule is Cc1ccc(NCCCN2C(=O)N(c3ccc(C#N)c(C(F)(F)F)c3)C(=O)C2(C)C)c2cccnc12. The molecular formula is C26H24F3N5O2. The average Bonchev–Trinajstić information content (AvgIpc) is 3.01. The summed E-state index contributed by atoms with van der Waals surface area (Å²) in [6.45, 7) is 5.82. The minimum absolute atomic E-state index is 0.214. The fourth-order valence-electron chi connectivity index (χ4n) is 4.37. The largest absolute Gasteiger partial charge is 0.417 e. The molecule has 10 heteroatoms. The topological polar surface area (TPSA) is 89.3 Å². The Labute approximate surface area is 206 Å². The van der Waals surface area contributed by atoms with Gasteiger partial charge in [-0.1, -0.05) is 6.07 Å². The smallest absolute Gasteiger partial charge is 0.384 e. The first-order valence-corrected chi connectivity index (χ1v) is 11.3. The van der Waals surface area contributed by atoms with E-state index in [0.29, 0.717) is 19.0 Å². The first-order valence-electron chi connectivity index (χ1n) is 11.3. The van der Waals surface area contributed by atoms with Crippen molar-refractivity contribution in [2.75, 3.05) is 23.3 Å². The maximum absolute atomic E-state index is 13.4. The van der Waals surface area contributed by atoms with E-state index in [-0.39, 0.29) is 12.2 Å². The van der Waals surface area contributed by atoms with Gasteiger partial charge in [0.05, 0.1) is 28.4 Å². The predicted octanol–water partition coefficient (Wildman–Crippen LogP) is 5.48. The molecule has 36 heavy (non-hydrogen) atoms. The summed E-state index contributed by atoms with van der Waals surface area (Å²) in [6, 6.07) is 11.4. The Morgan fingerprint density at radius 3 is 2.58 bits per heavy atom. The number of halogens is 3. The van der Waals surface area contributed by atoms with Crippen molar-refractivity contribution >= 4 is 34.2 Å². The molecule has 0 bridgehead atoms. The molecule has 0 radical (unpaired) electrons. The molecule has 1 aromatic heterocycles. The molecule has 1 aliphatic heterocycles. The van der Waals surface area contributed by atoms with Crippen LogP contribution in [0.5, 0.6) is 0 Å². The summed E-state index contributed by atoms with van der Waals surface area (Å²) in [5.74, 6) is -0.631. The number of rotatable bonds is 6. The molecule has 3 amide bonds. The van der Waals surface area contributed by atoms with Crippen LogP contribution in [-0.4, -0.2) is 40.5 Å². The molecule has 186 valence electrons. The number of nitriles is 1. The molecule has 0 saturated carbocycles. The van der Waals surface area contributed by atoms with Gasteiger partial charge in [0.15, 0.2) is 0 Å². The van der Waals surface area contributed by atoms with Gasteiger partial charge in [-0.05, 0) is 69.2 Å². The highest BCUT2D eigenvalue weighted by molar-refractivity contribution is 6.23. The van der Waals surface area contributed by atoms with Crippen LogP contribution in [0.1, 0.15) is 37.0 Å². The number of aromatic nitrogens is 1. The second kappa shape index (κ2) is 9.15. The standard InChI is InChI=1S/C26H24F3N5O2/c1-16-7-10-21(19-6-4-11-32-22(16)19)31-12-5-13-33-24(36)34(23(35)25(33,2)3)18-9-8-17(15-30)20(14-18)26(27,28)29/h4,6-11,14,31H,5,12-13H2,1-3H3. The highest BCUT2D eigenvalue weighted by Crippen LogP contribution is 2.37. The molecule has 7 nitrogen and oxygen atoms in total. The highest BCUT2D eigenvalue weighted by atomic mass is 19.4. The number of amides is 3. The van der Waals surface area contributed by atoms with Crippen LogP contribution >= 0.6 is 0 Å². The van der Waals surface area contributed by atoms with E-state index in [1.165, 1.54) is 17.0 Å². The van der Waals surface area contributed by atoms with Gasteiger partial charge in [-0.3, -0.25) is 9.78 Å². The zero-order valence-electron chi connectivity index (χ0n) is 20.0. The van der Waals surface area contributed by atoms with E-state index in [2.05, 4.69) is 10.3 Å². The number of hydrogen-bond donors (Lipinski definition) is 1. The molecule has 1 N–H and O–H groups in total. The number of aryl methyl sites for hydroxylation is 1. The van der Waals surface area contributed by atoms with Crippen LogP contribution in [0.3, 0.4) is 0 Å². The number of carbonyl (C=O) groups is 2. The van der Waals surface area contributed by atoms with Gasteiger partial charge >= 0.3 is 12.2 Å². The molecule has 3 aromatic rings. The maximum Gasteiger partial charge on any atom is 0.417 e. The van der Waals surface area contributed by atoms with E-state index >= 15 is 0 Å². The lowest BCUT2D eigenvalue weighted by molar-refractivity contribution is -0.137. The zero-order valence-corrected chi connectivity index (χ0v) is 20.0. The van der Waals surface area contributed by atoms with Crippen molar-refractivity contribution in [1.29, 1.82) is 5.26 Å². The number of hydrogen-bond acceptors (Lipinski definition) is 5. The molecule has 0 atom stereocenters. The van der Waals surface area contributed by atoms with Crippen LogP contribution in [0.25, 0.3) is 10.9 Å². The number of alkyl halides is 3. The van der Waals surface area contributed by atoms with Gasteiger partial charge in [0.2, 0.25) is 0 Å². The van der Waals surface area contributed by atoms with Crippen LogP contribution in [-0.2, 0) is 11.0 Å². The Kier molecular flexibility index (Phi) is 6.35. The van der Waals surface area contributed by atoms with Gasteiger partial charge in [-0.25, -0.2) is 9.69 Å². The third kappa shape index (κ3) is 4.33. The first kappa shape index (κ1) is 25.0. The van der Waals surface area contributed by atoms with Crippen molar-refractivity contribution in [3.05, 3.63) is 65.4 Å². The number of nitrogens with zero attached hydrogens (tertiary/aromatic N) is 4. The van der Waals surface area contributed by atoms with Crippen LogP contribution in [0.15, 0.2) is 48.7 Å². The van der Waals surface area contributed by atoms with E-state index < -0.39 is 34.8 Å². The van der Waals surface area contributed by atoms with E-state index in [1.807, 2.05) is 31.2 Å². The molecule has 4 rings (SSSR count). The number of anilines is 2. The number of carbonyl (C=O) groups excluding carboxylic acids is 2. The second-order valence-corrected chi connectivity index (χ2v) is 9.08. The summed E-state index contributed by atoms with van der Waals surface area (Å²) < 4.78 is 40.3. The van der Waals surface area contributed by atoms with E-state index in [9.17, 15) is 22.8 Å². The maximum atomic E-state index is 13.4. The summed E-state index contributed by atoms with van der Waals surface area (Å²) in [5.41, 5.74) is -0.399. The van der Waals surface area contributed by atoms with Gasteiger partial charge in [-0.15, -0.1) is 0 Å². The fraction of sp³-hybridized carbons (Fsp3) is 0.308. The van der Waals surface area contributed by atoms with Gasteiger partial charge in [0.1, 0.15) is 5.54 Å². The van der Waals surface area contributed by atoms with Crippen LogP contribution in [0.4, 0.5) is 29.3 Å². The number of imide groups is 1. The molecular weight excluding hydrogens is 471 g/mol. The van der Waals surface area contributed by atoms with Crippen molar-refractivity contribution in [1.82, 2.24) is 9.88 Å². The third-order valence-corrected chi connectivity index (χ3v) is 6.36. The Hall–Kier alpha value is -4.13. The molecule has 1 aliphatic rings. The van der Waals surface area contributed by atoms with E-state index in [0.717, 1.165) is 33.1 Å². The summed E-state index contributed by atoms with van der Waals surface area (Å²) in [5, 5.41) is 13.3. The van der Waals surface area contributed by atoms with Gasteiger partial charge < -0.3 is 10.2 Å². The summed E-state index contributed by atoms with van der Waals surface area (Å²) in [6.07, 6.45) is -2.58. The lowest BCUT2D eigenvalue weighted by Crippen LogP contribution is -2.45. The quantitative estimate of drug-likeness (QED) is 0.361. The molecule has 0 aliphatic carbocycles. The average molecular weight is 496 g/mol. The zero-order chi connectivity index (χ0) is 26.3. The highest BCUT2D eigenvalue weighted by Gasteiger charge is 2.51. The lowest BCUT2D eigenvalue weighted by atomic mass is 10.0. The monoisotopic (exact) mass is 495 g/mol. The Bertz CT molecular complexity index is 1390. The lowest BCUT2D eigenvalue weighted by Gasteiger charge is -2.27. The Balaban J connectivity index is 1.50. The summed E-state index contributed by atoms with van der Waals surface area (Å²) in [7, 11) is 0. The normalized spacial score (nSPS) is 15.5. The Morgan fingerprint density at radius 1 is 1.14 bits per heavy atom. The minimum atomic E-state index is -4.80. The van der Waals surface area contributed by atoms with E-state index in [4.69, 9.17) is 5.26 Å². The van der Waals surface area contributed by atoms with Crippen molar-refractivity contribution < 1.29 is 22.8 Å². The van der Waals surface area contributed by atoms with Gasteiger partial charge in [0, 0.05) is 30.4 Å². The number of pyridine rings is 1. The van der Waals surface area contributed by atoms with Gasteiger partial charge in [0.25, 0.3) is 5.91 Å². The number of nitrogens with one attached hydrogen (secondary N) is 1. The molecule has 0 spiro atoms. The first-order chi connectivity index (χ1) is 17.0. The van der Waals surface area contributed by atoms with Crippen LogP contribution in [0, 0.1) is 18.3 Å². The van der Waals surface area contributed by atoms with Crippen LogP contribution in [0.2, 0.25) is 0 Å². The molecule has 2 aromatic carbocycles. The summed E-state index contributed by atoms with van der Waals surface area (Å²) >= 11 is 0.